The van der Waals surface area contributed by atoms with E-state index < -0.39 is 0 Å². The quantitative estimate of drug-likeness (QED) is 0.586. The number of anilines is 1. The fraction of sp³-hybridized carbons (Fsp3) is 0.320. The summed E-state index contributed by atoms with van der Waals surface area (Å²) < 4.78 is 11.1. The van der Waals surface area contributed by atoms with Crippen LogP contribution in [0.15, 0.2) is 66.9 Å². The molecule has 1 saturated heterocycles. The number of amides is 1. The van der Waals surface area contributed by atoms with Crippen LogP contribution in [0, 0.1) is 5.92 Å². The molecular formula is C25H28N4O3. The van der Waals surface area contributed by atoms with Crippen LogP contribution in [0.5, 0.6) is 11.6 Å². The average molecular weight is 433 g/mol. The minimum absolute atomic E-state index is 0.00521. The Morgan fingerprint density at radius 1 is 1.06 bits per heavy atom. The third-order valence-electron chi connectivity index (χ3n) is 5.59. The predicted octanol–water partition coefficient (Wildman–Crippen LogP) is 3.60. The Bertz CT molecular complexity index is 1020. The summed E-state index contributed by atoms with van der Waals surface area (Å²) in [6.07, 6.45) is 3.23. The minimum atomic E-state index is -0.00521. The molecule has 7 nitrogen and oxygen atoms in total. The van der Waals surface area contributed by atoms with Gasteiger partial charge >= 0.3 is 0 Å². The van der Waals surface area contributed by atoms with Crippen molar-refractivity contribution in [2.24, 2.45) is 5.92 Å². The van der Waals surface area contributed by atoms with Gasteiger partial charge in [-0.3, -0.25) is 4.79 Å². The van der Waals surface area contributed by atoms with Gasteiger partial charge < -0.3 is 19.7 Å². The first kappa shape index (κ1) is 21.6. The Morgan fingerprint density at radius 3 is 2.62 bits per heavy atom. The molecule has 1 aliphatic heterocycles. The summed E-state index contributed by atoms with van der Waals surface area (Å²) in [5.74, 6) is 2.08. The van der Waals surface area contributed by atoms with Gasteiger partial charge in [-0.1, -0.05) is 42.5 Å². The lowest BCUT2D eigenvalue weighted by atomic mass is 9.96. The molecule has 0 atom stereocenters. The van der Waals surface area contributed by atoms with Crippen LogP contribution in [0.25, 0.3) is 0 Å². The van der Waals surface area contributed by atoms with Gasteiger partial charge in [0.2, 0.25) is 17.7 Å². The lowest BCUT2D eigenvalue weighted by molar-refractivity contribution is -0.125. The van der Waals surface area contributed by atoms with Crippen molar-refractivity contribution in [3.05, 3.63) is 78.0 Å². The normalized spacial score (nSPS) is 14.1. The molecule has 1 amide bonds. The van der Waals surface area contributed by atoms with Crippen molar-refractivity contribution in [3.63, 3.8) is 0 Å². The summed E-state index contributed by atoms with van der Waals surface area (Å²) in [5, 5.41) is 3.08. The molecule has 0 aliphatic carbocycles. The van der Waals surface area contributed by atoms with Crippen LogP contribution in [-0.2, 0) is 17.9 Å². The highest BCUT2D eigenvalue weighted by molar-refractivity contribution is 5.79. The summed E-state index contributed by atoms with van der Waals surface area (Å²) in [4.78, 5) is 23.5. The predicted molar refractivity (Wildman–Crippen MR) is 123 cm³/mol. The van der Waals surface area contributed by atoms with Crippen LogP contribution in [-0.4, -0.2) is 36.1 Å². The van der Waals surface area contributed by atoms with Crippen LogP contribution < -0.4 is 19.7 Å². The van der Waals surface area contributed by atoms with E-state index in [1.54, 1.807) is 19.4 Å². The van der Waals surface area contributed by atoms with Crippen molar-refractivity contribution in [1.82, 2.24) is 15.3 Å². The molecule has 1 fully saturated rings. The number of methoxy groups -OCH3 is 1. The molecule has 2 heterocycles. The summed E-state index contributed by atoms with van der Waals surface area (Å²) in [7, 11) is 1.59. The average Bonchev–Trinajstić information content (AvgIpc) is 2.87. The van der Waals surface area contributed by atoms with Gasteiger partial charge in [0.25, 0.3) is 0 Å². The minimum Gasteiger partial charge on any atom is -0.489 e. The molecule has 166 valence electrons. The first-order valence-corrected chi connectivity index (χ1v) is 10.9. The van der Waals surface area contributed by atoms with E-state index in [2.05, 4.69) is 20.2 Å². The largest absolute Gasteiger partial charge is 0.489 e. The smallest absolute Gasteiger partial charge is 0.228 e. The standard InChI is InChI=1S/C25H28N4O3/c1-31-23-10-13-26-25(28-23)29-14-11-21(12-15-29)24(30)27-17-20-8-5-9-22(16-20)32-18-19-6-3-2-4-7-19/h2-10,13,16,21H,11-12,14-15,17-18H2,1H3,(H,27,30). The molecule has 1 aromatic heterocycles. The van der Waals surface area contributed by atoms with Gasteiger partial charge in [0, 0.05) is 37.8 Å². The van der Waals surface area contributed by atoms with Gasteiger partial charge in [0.05, 0.1) is 7.11 Å². The fourth-order valence-corrected chi connectivity index (χ4v) is 3.76. The van der Waals surface area contributed by atoms with E-state index in [9.17, 15) is 4.79 Å². The van der Waals surface area contributed by atoms with Crippen molar-refractivity contribution in [2.45, 2.75) is 26.0 Å². The molecule has 1 aliphatic rings. The highest BCUT2D eigenvalue weighted by Gasteiger charge is 2.26. The maximum atomic E-state index is 12.7. The molecule has 1 N–H and O–H groups in total. The van der Waals surface area contributed by atoms with Gasteiger partial charge in [-0.05, 0) is 36.1 Å². The molecule has 0 unspecified atom stereocenters. The van der Waals surface area contributed by atoms with E-state index in [0.29, 0.717) is 25.0 Å². The Kier molecular flexibility index (Phi) is 7.17. The van der Waals surface area contributed by atoms with Gasteiger partial charge in [0.15, 0.2) is 0 Å². The number of hydrogen-bond acceptors (Lipinski definition) is 6. The summed E-state index contributed by atoms with van der Waals surface area (Å²) in [6, 6.07) is 19.7. The van der Waals surface area contributed by atoms with Crippen molar-refractivity contribution in [1.29, 1.82) is 0 Å². The van der Waals surface area contributed by atoms with Crippen molar-refractivity contribution >= 4 is 11.9 Å². The molecule has 0 radical (unpaired) electrons. The highest BCUT2D eigenvalue weighted by Crippen LogP contribution is 2.22. The van der Waals surface area contributed by atoms with E-state index >= 15 is 0 Å². The fourth-order valence-electron chi connectivity index (χ4n) is 3.76. The highest BCUT2D eigenvalue weighted by atomic mass is 16.5. The zero-order valence-corrected chi connectivity index (χ0v) is 18.2. The van der Waals surface area contributed by atoms with Crippen molar-refractivity contribution in [3.8, 4) is 11.6 Å². The van der Waals surface area contributed by atoms with Gasteiger partial charge in [0.1, 0.15) is 12.4 Å². The van der Waals surface area contributed by atoms with Crippen molar-refractivity contribution < 1.29 is 14.3 Å². The number of piperidine rings is 1. The Labute approximate surface area is 188 Å². The monoisotopic (exact) mass is 432 g/mol. The van der Waals surface area contributed by atoms with Crippen LogP contribution in [0.2, 0.25) is 0 Å². The Hall–Kier alpha value is -3.61. The first-order chi connectivity index (χ1) is 15.7. The van der Waals surface area contributed by atoms with E-state index in [4.69, 9.17) is 9.47 Å². The number of carbonyl (C=O) groups is 1. The Morgan fingerprint density at radius 2 is 1.84 bits per heavy atom. The number of hydrogen-bond donors (Lipinski definition) is 1. The number of nitrogens with zero attached hydrogens (tertiary/aromatic N) is 3. The maximum Gasteiger partial charge on any atom is 0.228 e. The number of nitrogens with one attached hydrogen (secondary N) is 1. The summed E-state index contributed by atoms with van der Waals surface area (Å²) in [6.45, 7) is 2.49. The van der Waals surface area contributed by atoms with E-state index in [-0.39, 0.29) is 11.8 Å². The lowest BCUT2D eigenvalue weighted by Gasteiger charge is -2.31. The maximum absolute atomic E-state index is 12.7. The molecule has 0 spiro atoms. The number of ether oxygens (including phenoxy) is 2. The number of aromatic nitrogens is 2. The molecule has 32 heavy (non-hydrogen) atoms. The molecule has 0 bridgehead atoms. The number of carbonyl (C=O) groups excluding carboxylic acids is 1. The second kappa shape index (κ2) is 10.6. The van der Waals surface area contributed by atoms with Crippen LogP contribution in [0.1, 0.15) is 24.0 Å². The molecule has 3 aromatic rings. The first-order valence-electron chi connectivity index (χ1n) is 10.9. The van der Waals surface area contributed by atoms with E-state index in [1.165, 1.54) is 0 Å². The molecule has 0 saturated carbocycles. The van der Waals surface area contributed by atoms with E-state index in [0.717, 1.165) is 42.8 Å². The topological polar surface area (TPSA) is 76.6 Å². The number of benzene rings is 2. The SMILES string of the molecule is COc1ccnc(N2CCC(C(=O)NCc3cccc(OCc4ccccc4)c3)CC2)n1. The lowest BCUT2D eigenvalue weighted by Crippen LogP contribution is -2.41. The molecule has 2 aromatic carbocycles. The van der Waals surface area contributed by atoms with E-state index in [1.807, 2.05) is 54.6 Å². The second-order valence-electron chi connectivity index (χ2n) is 7.80. The molecular weight excluding hydrogens is 404 g/mol. The van der Waals surface area contributed by atoms with Gasteiger partial charge in [-0.25, -0.2) is 4.98 Å². The number of rotatable bonds is 8. The summed E-state index contributed by atoms with van der Waals surface area (Å²) in [5.41, 5.74) is 2.14. The Balaban J connectivity index is 1.24. The molecule has 7 heteroatoms. The second-order valence-corrected chi connectivity index (χ2v) is 7.80. The zero-order valence-electron chi connectivity index (χ0n) is 18.2. The third kappa shape index (κ3) is 5.75. The van der Waals surface area contributed by atoms with Crippen LogP contribution in [0.3, 0.4) is 0 Å². The van der Waals surface area contributed by atoms with Gasteiger partial charge in [-0.15, -0.1) is 0 Å². The molecule has 4 rings (SSSR count). The third-order valence-corrected chi connectivity index (χ3v) is 5.59. The zero-order chi connectivity index (χ0) is 22.2. The van der Waals surface area contributed by atoms with Crippen LogP contribution in [0.4, 0.5) is 5.95 Å². The van der Waals surface area contributed by atoms with Crippen LogP contribution >= 0.6 is 0 Å². The summed E-state index contributed by atoms with van der Waals surface area (Å²) >= 11 is 0. The van der Waals surface area contributed by atoms with Crippen molar-refractivity contribution in [2.75, 3.05) is 25.1 Å². The van der Waals surface area contributed by atoms with Gasteiger partial charge in [-0.2, -0.15) is 4.98 Å².